The van der Waals surface area contributed by atoms with Crippen LogP contribution in [0.2, 0.25) is 0 Å². The van der Waals surface area contributed by atoms with Crippen LogP contribution in [0.25, 0.3) is 126 Å². The number of hydrogen-bond donors (Lipinski definition) is 0. The molecule has 282 valence electrons. The van der Waals surface area contributed by atoms with Crippen LogP contribution in [0.4, 0.5) is 0 Å². The fraction of sp³-hybridized carbons (Fsp3) is 0. The lowest BCUT2D eigenvalue weighted by atomic mass is 9.94. The van der Waals surface area contributed by atoms with Gasteiger partial charge in [0.1, 0.15) is 0 Å². The van der Waals surface area contributed by atoms with Crippen molar-refractivity contribution in [1.29, 1.82) is 0 Å². The Morgan fingerprint density at radius 3 is 1.26 bits per heavy atom. The zero-order valence-corrected chi connectivity index (χ0v) is 33.0. The smallest absolute Gasteiger partial charge is 0.0620 e. The molecule has 0 fully saturated rings. The summed E-state index contributed by atoms with van der Waals surface area (Å²) in [6.07, 6.45) is 0. The summed E-state index contributed by atoms with van der Waals surface area (Å²) in [5, 5.41) is 12.7. The number of nitrogens with zero attached hydrogens (tertiary/aromatic N) is 3. The molecule has 0 unspecified atom stereocenters. The van der Waals surface area contributed by atoms with E-state index in [1.165, 1.54) is 126 Å². The second-order valence-corrected chi connectivity index (χ2v) is 16.5. The average molecular weight is 774 g/mol. The maximum Gasteiger partial charge on any atom is 0.0620 e. The van der Waals surface area contributed by atoms with Gasteiger partial charge < -0.3 is 13.5 Å². The molecule has 0 radical (unpaired) electrons. The van der Waals surface area contributed by atoms with Gasteiger partial charge in [0.2, 0.25) is 0 Å². The Kier molecular flexibility index (Phi) is 6.56. The molecule has 0 aliphatic heterocycles. The first-order chi connectivity index (χ1) is 30.3. The standard InChI is InChI=1S/C58H35N3/c1-2-14-39(15-3-1)59-51-22-10-6-18-43(51)47-32-36(26-29-56(47)59)37-27-30-57-48(33-37)44-19-7-11-23-52(44)60(57)55-31-28-40(41-16-4-5-17-42(41)55)38-34-49-45-20-8-12-24-53(45)61-54-25-13-9-21-46(54)50(35-38)58(49)61/h1-35H. The van der Waals surface area contributed by atoms with Gasteiger partial charge in [-0.3, -0.25) is 0 Å². The van der Waals surface area contributed by atoms with Gasteiger partial charge in [-0.25, -0.2) is 0 Å². The predicted octanol–water partition coefficient (Wildman–Crippen LogP) is 15.5. The van der Waals surface area contributed by atoms with Crippen molar-refractivity contribution < 1.29 is 0 Å². The molecule has 0 saturated carbocycles. The maximum atomic E-state index is 2.48. The Morgan fingerprint density at radius 1 is 0.246 bits per heavy atom. The monoisotopic (exact) mass is 773 g/mol. The Morgan fingerprint density at radius 2 is 0.672 bits per heavy atom. The van der Waals surface area contributed by atoms with Crippen LogP contribution >= 0.6 is 0 Å². The van der Waals surface area contributed by atoms with Crippen molar-refractivity contribution in [2.75, 3.05) is 0 Å². The van der Waals surface area contributed by atoms with E-state index in [4.69, 9.17) is 0 Å². The molecule has 4 aromatic heterocycles. The highest BCUT2D eigenvalue weighted by atomic mass is 15.0. The first-order valence-electron chi connectivity index (χ1n) is 21.1. The van der Waals surface area contributed by atoms with E-state index in [-0.39, 0.29) is 0 Å². The van der Waals surface area contributed by atoms with Crippen molar-refractivity contribution in [2.45, 2.75) is 0 Å². The molecule has 14 rings (SSSR count). The molecule has 3 heteroatoms. The van der Waals surface area contributed by atoms with E-state index in [0.29, 0.717) is 0 Å². The van der Waals surface area contributed by atoms with Gasteiger partial charge in [0.15, 0.2) is 0 Å². The van der Waals surface area contributed by atoms with Crippen LogP contribution in [0.1, 0.15) is 0 Å². The van der Waals surface area contributed by atoms with E-state index in [1.807, 2.05) is 0 Å². The summed E-state index contributed by atoms with van der Waals surface area (Å²) in [6, 6.07) is 78.5. The molecule has 0 N–H and O–H groups in total. The predicted molar refractivity (Wildman–Crippen MR) is 258 cm³/mol. The molecule has 4 heterocycles. The number of aromatic nitrogens is 3. The lowest BCUT2D eigenvalue weighted by molar-refractivity contribution is 1.18. The Hall–Kier alpha value is -8.14. The lowest BCUT2D eigenvalue weighted by Gasteiger charge is -2.15. The molecule has 0 aliphatic rings. The quantitative estimate of drug-likeness (QED) is 0.169. The van der Waals surface area contributed by atoms with E-state index in [1.54, 1.807) is 0 Å². The first kappa shape index (κ1) is 32.8. The van der Waals surface area contributed by atoms with E-state index >= 15 is 0 Å². The van der Waals surface area contributed by atoms with Crippen LogP contribution in [-0.2, 0) is 0 Å². The topological polar surface area (TPSA) is 14.3 Å². The van der Waals surface area contributed by atoms with Crippen molar-refractivity contribution in [3.63, 3.8) is 0 Å². The molecule has 61 heavy (non-hydrogen) atoms. The van der Waals surface area contributed by atoms with Crippen molar-refractivity contribution >= 4 is 92.5 Å². The number of hydrogen-bond acceptors (Lipinski definition) is 0. The highest BCUT2D eigenvalue weighted by Gasteiger charge is 2.21. The van der Waals surface area contributed by atoms with Gasteiger partial charge in [-0.1, -0.05) is 133 Å². The summed E-state index contributed by atoms with van der Waals surface area (Å²) in [4.78, 5) is 0. The van der Waals surface area contributed by atoms with Crippen LogP contribution < -0.4 is 0 Å². The van der Waals surface area contributed by atoms with Crippen molar-refractivity contribution in [2.24, 2.45) is 0 Å². The highest BCUT2D eigenvalue weighted by molar-refractivity contribution is 6.25. The summed E-state index contributed by atoms with van der Waals surface area (Å²) in [5.74, 6) is 0. The third-order valence-electron chi connectivity index (χ3n) is 13.3. The summed E-state index contributed by atoms with van der Waals surface area (Å²) < 4.78 is 7.31. The van der Waals surface area contributed by atoms with Gasteiger partial charge in [-0.2, -0.15) is 0 Å². The van der Waals surface area contributed by atoms with Gasteiger partial charge in [0.05, 0.1) is 44.3 Å². The van der Waals surface area contributed by atoms with E-state index < -0.39 is 0 Å². The molecule has 10 aromatic carbocycles. The van der Waals surface area contributed by atoms with E-state index in [9.17, 15) is 0 Å². The molecule has 3 nitrogen and oxygen atoms in total. The number of para-hydroxylation sites is 5. The fourth-order valence-electron chi connectivity index (χ4n) is 10.8. The van der Waals surface area contributed by atoms with Gasteiger partial charge in [-0.05, 0) is 107 Å². The zero-order valence-electron chi connectivity index (χ0n) is 33.0. The average Bonchev–Trinajstić information content (AvgIpc) is 4.05. The third-order valence-corrected chi connectivity index (χ3v) is 13.3. The summed E-state index contributed by atoms with van der Waals surface area (Å²) in [6.45, 7) is 0. The first-order valence-corrected chi connectivity index (χ1v) is 21.1. The zero-order chi connectivity index (χ0) is 39.8. The van der Waals surface area contributed by atoms with Crippen LogP contribution in [0.5, 0.6) is 0 Å². The highest BCUT2D eigenvalue weighted by Crippen LogP contribution is 2.45. The van der Waals surface area contributed by atoms with Crippen LogP contribution in [0.15, 0.2) is 212 Å². The molecule has 0 saturated heterocycles. The number of fused-ring (bicyclic) bond motifs is 13. The molecule has 0 atom stereocenters. The largest absolute Gasteiger partial charge is 0.309 e. The summed E-state index contributed by atoms with van der Waals surface area (Å²) in [5.41, 5.74) is 15.9. The minimum Gasteiger partial charge on any atom is -0.309 e. The number of benzene rings is 10. The lowest BCUT2D eigenvalue weighted by Crippen LogP contribution is -1.96. The molecular weight excluding hydrogens is 739 g/mol. The Labute approximate surface area is 350 Å². The molecule has 0 bridgehead atoms. The van der Waals surface area contributed by atoms with Crippen LogP contribution in [-0.4, -0.2) is 13.5 Å². The second kappa shape index (κ2) is 12.2. The molecular formula is C58H35N3. The molecule has 0 spiro atoms. The van der Waals surface area contributed by atoms with Crippen LogP contribution in [0.3, 0.4) is 0 Å². The van der Waals surface area contributed by atoms with E-state index in [2.05, 4.69) is 226 Å². The minimum atomic E-state index is 1.17. The summed E-state index contributed by atoms with van der Waals surface area (Å²) in [7, 11) is 0. The van der Waals surface area contributed by atoms with E-state index in [0.717, 1.165) is 0 Å². The van der Waals surface area contributed by atoms with Gasteiger partial charge in [0, 0.05) is 54.2 Å². The van der Waals surface area contributed by atoms with Crippen LogP contribution in [0, 0.1) is 0 Å². The molecule has 0 amide bonds. The van der Waals surface area contributed by atoms with Crippen molar-refractivity contribution in [3.8, 4) is 33.6 Å². The van der Waals surface area contributed by atoms with Gasteiger partial charge >= 0.3 is 0 Å². The minimum absolute atomic E-state index is 1.17. The second-order valence-electron chi connectivity index (χ2n) is 16.5. The van der Waals surface area contributed by atoms with Gasteiger partial charge in [0.25, 0.3) is 0 Å². The maximum absolute atomic E-state index is 2.48. The van der Waals surface area contributed by atoms with Crippen molar-refractivity contribution in [1.82, 2.24) is 13.5 Å². The molecule has 14 aromatic rings. The van der Waals surface area contributed by atoms with Gasteiger partial charge in [-0.15, -0.1) is 0 Å². The SMILES string of the molecule is c1ccc(-n2c3ccccc3c3cc(-c4ccc5c(c4)c4ccccc4n5-c4ccc(-c5cc6c7ccccc7n7c8ccccc8c(c5)c67)c5ccccc45)ccc32)cc1. The summed E-state index contributed by atoms with van der Waals surface area (Å²) >= 11 is 0. The fourth-order valence-corrected chi connectivity index (χ4v) is 10.8. The molecule has 0 aliphatic carbocycles. The third kappa shape index (κ3) is 4.47. The Bertz CT molecular complexity index is 4020. The normalized spacial score (nSPS) is 12.3. The Balaban J connectivity index is 0.957. The number of rotatable bonds is 4. The van der Waals surface area contributed by atoms with Crippen molar-refractivity contribution in [3.05, 3.63) is 212 Å².